The first-order valence-electron chi connectivity index (χ1n) is 9.01. The van der Waals surface area contributed by atoms with Gasteiger partial charge in [-0.25, -0.2) is 4.98 Å². The SMILES string of the molecule is CCOc1ccccc1N1CCN(Cc2coc(-c3cccs3)n2)CC1. The predicted octanol–water partition coefficient (Wildman–Crippen LogP) is 4.12. The van der Waals surface area contributed by atoms with E-state index in [0.717, 1.165) is 54.9 Å². The van der Waals surface area contributed by atoms with E-state index in [1.807, 2.05) is 36.6 Å². The van der Waals surface area contributed by atoms with E-state index >= 15 is 0 Å². The Balaban J connectivity index is 1.36. The highest BCUT2D eigenvalue weighted by molar-refractivity contribution is 7.13. The highest BCUT2D eigenvalue weighted by Crippen LogP contribution is 2.29. The zero-order chi connectivity index (χ0) is 17.8. The lowest BCUT2D eigenvalue weighted by atomic mass is 10.2. The molecule has 136 valence electrons. The maximum atomic E-state index is 5.77. The number of oxazole rings is 1. The Bertz CT molecular complexity index is 823. The third kappa shape index (κ3) is 3.76. The van der Waals surface area contributed by atoms with E-state index in [0.29, 0.717) is 6.61 Å². The number of hydrogen-bond donors (Lipinski definition) is 0. The van der Waals surface area contributed by atoms with Crippen molar-refractivity contribution in [3.05, 3.63) is 53.7 Å². The number of piperazine rings is 1. The molecule has 3 heterocycles. The average molecular weight is 369 g/mol. The van der Waals surface area contributed by atoms with Gasteiger partial charge in [-0.05, 0) is 30.5 Å². The number of benzene rings is 1. The molecule has 5 nitrogen and oxygen atoms in total. The van der Waals surface area contributed by atoms with Crippen LogP contribution in [0.4, 0.5) is 5.69 Å². The standard InChI is InChI=1S/C20H23N3O2S/c1-2-24-18-7-4-3-6-17(18)23-11-9-22(10-12-23)14-16-15-25-20(21-16)19-8-5-13-26-19/h3-8,13,15H,2,9-12,14H2,1H3. The molecule has 3 aromatic rings. The summed E-state index contributed by atoms with van der Waals surface area (Å²) >= 11 is 1.65. The van der Waals surface area contributed by atoms with Crippen LogP contribution in [-0.2, 0) is 6.54 Å². The molecule has 1 aliphatic rings. The van der Waals surface area contributed by atoms with Crippen LogP contribution in [0.15, 0.2) is 52.5 Å². The van der Waals surface area contributed by atoms with Crippen molar-refractivity contribution in [3.63, 3.8) is 0 Å². The summed E-state index contributed by atoms with van der Waals surface area (Å²) in [4.78, 5) is 10.5. The summed E-state index contributed by atoms with van der Waals surface area (Å²) in [5.74, 6) is 1.69. The fourth-order valence-corrected chi connectivity index (χ4v) is 3.92. The van der Waals surface area contributed by atoms with Crippen molar-refractivity contribution in [1.82, 2.24) is 9.88 Å². The number of aromatic nitrogens is 1. The molecule has 6 heteroatoms. The number of anilines is 1. The molecular formula is C20H23N3O2S. The van der Waals surface area contributed by atoms with Crippen molar-refractivity contribution in [3.8, 4) is 16.5 Å². The van der Waals surface area contributed by atoms with Crippen LogP contribution in [0, 0.1) is 0 Å². The Hall–Kier alpha value is -2.31. The zero-order valence-electron chi connectivity index (χ0n) is 14.9. The molecule has 0 amide bonds. The monoisotopic (exact) mass is 369 g/mol. The van der Waals surface area contributed by atoms with Gasteiger partial charge < -0.3 is 14.1 Å². The first-order valence-corrected chi connectivity index (χ1v) is 9.89. The molecule has 1 saturated heterocycles. The quantitative estimate of drug-likeness (QED) is 0.654. The molecule has 0 saturated carbocycles. The molecule has 26 heavy (non-hydrogen) atoms. The zero-order valence-corrected chi connectivity index (χ0v) is 15.7. The molecular weight excluding hydrogens is 346 g/mol. The first-order chi connectivity index (χ1) is 12.8. The first kappa shape index (κ1) is 17.1. The normalized spacial score (nSPS) is 15.3. The molecule has 0 aliphatic carbocycles. The van der Waals surface area contributed by atoms with E-state index in [-0.39, 0.29) is 0 Å². The number of thiophene rings is 1. The summed E-state index contributed by atoms with van der Waals surface area (Å²) in [5.41, 5.74) is 2.19. The Morgan fingerprint density at radius 3 is 2.73 bits per heavy atom. The summed E-state index contributed by atoms with van der Waals surface area (Å²) < 4.78 is 11.4. The van der Waals surface area contributed by atoms with Gasteiger partial charge in [0.15, 0.2) is 0 Å². The summed E-state index contributed by atoms with van der Waals surface area (Å²) in [7, 11) is 0. The van der Waals surface area contributed by atoms with Gasteiger partial charge in [0.2, 0.25) is 5.89 Å². The number of rotatable bonds is 6. The summed E-state index contributed by atoms with van der Waals surface area (Å²) in [6.07, 6.45) is 1.78. The Morgan fingerprint density at radius 2 is 1.96 bits per heavy atom. The van der Waals surface area contributed by atoms with Gasteiger partial charge in [0.1, 0.15) is 12.0 Å². The predicted molar refractivity (Wildman–Crippen MR) is 105 cm³/mol. The van der Waals surface area contributed by atoms with E-state index in [2.05, 4.69) is 26.9 Å². The minimum absolute atomic E-state index is 0.690. The smallest absolute Gasteiger partial charge is 0.236 e. The fourth-order valence-electron chi connectivity index (χ4n) is 3.26. The largest absolute Gasteiger partial charge is 0.492 e. The third-order valence-electron chi connectivity index (χ3n) is 4.55. The molecule has 0 spiro atoms. The van der Waals surface area contributed by atoms with Crippen molar-refractivity contribution in [2.75, 3.05) is 37.7 Å². The number of nitrogens with zero attached hydrogens (tertiary/aromatic N) is 3. The minimum atomic E-state index is 0.690. The Morgan fingerprint density at radius 1 is 1.12 bits per heavy atom. The van der Waals surface area contributed by atoms with Crippen LogP contribution in [0.5, 0.6) is 5.75 Å². The summed E-state index contributed by atoms with van der Waals surface area (Å²) in [6.45, 7) is 7.52. The molecule has 0 unspecified atom stereocenters. The molecule has 0 radical (unpaired) electrons. The van der Waals surface area contributed by atoms with Crippen LogP contribution in [-0.4, -0.2) is 42.7 Å². The van der Waals surface area contributed by atoms with Crippen molar-refractivity contribution in [1.29, 1.82) is 0 Å². The van der Waals surface area contributed by atoms with E-state index in [9.17, 15) is 0 Å². The van der Waals surface area contributed by atoms with Crippen LogP contribution >= 0.6 is 11.3 Å². The van der Waals surface area contributed by atoms with Crippen molar-refractivity contribution >= 4 is 17.0 Å². The van der Waals surface area contributed by atoms with Gasteiger partial charge in [-0.3, -0.25) is 4.90 Å². The van der Waals surface area contributed by atoms with E-state index in [1.54, 1.807) is 17.6 Å². The molecule has 1 aromatic carbocycles. The Labute approximate surface area is 157 Å². The molecule has 0 bridgehead atoms. The fraction of sp³-hybridized carbons (Fsp3) is 0.350. The van der Waals surface area contributed by atoms with Gasteiger partial charge in [-0.2, -0.15) is 0 Å². The van der Waals surface area contributed by atoms with E-state index in [1.165, 1.54) is 5.69 Å². The highest BCUT2D eigenvalue weighted by Gasteiger charge is 2.20. The topological polar surface area (TPSA) is 41.7 Å². The molecule has 0 N–H and O–H groups in total. The second kappa shape index (κ2) is 7.93. The lowest BCUT2D eigenvalue weighted by Crippen LogP contribution is -2.46. The van der Waals surface area contributed by atoms with Crippen molar-refractivity contribution < 1.29 is 9.15 Å². The number of para-hydroxylation sites is 2. The van der Waals surface area contributed by atoms with Gasteiger partial charge >= 0.3 is 0 Å². The third-order valence-corrected chi connectivity index (χ3v) is 5.41. The maximum Gasteiger partial charge on any atom is 0.236 e. The maximum absolute atomic E-state index is 5.77. The lowest BCUT2D eigenvalue weighted by Gasteiger charge is -2.36. The molecule has 2 aromatic heterocycles. The minimum Gasteiger partial charge on any atom is -0.492 e. The number of ether oxygens (including phenoxy) is 1. The molecule has 1 fully saturated rings. The van der Waals surface area contributed by atoms with Crippen molar-refractivity contribution in [2.24, 2.45) is 0 Å². The van der Waals surface area contributed by atoms with Crippen molar-refractivity contribution in [2.45, 2.75) is 13.5 Å². The summed E-state index contributed by atoms with van der Waals surface area (Å²) in [5, 5.41) is 2.04. The molecule has 0 atom stereocenters. The van der Waals surface area contributed by atoms with Gasteiger partial charge in [0.25, 0.3) is 0 Å². The van der Waals surface area contributed by atoms with E-state index in [4.69, 9.17) is 9.15 Å². The second-order valence-electron chi connectivity index (χ2n) is 6.29. The lowest BCUT2D eigenvalue weighted by molar-refractivity contribution is 0.245. The van der Waals surface area contributed by atoms with Crippen LogP contribution in [0.25, 0.3) is 10.8 Å². The molecule has 1 aliphatic heterocycles. The van der Waals surface area contributed by atoms with Crippen LogP contribution in [0.2, 0.25) is 0 Å². The van der Waals surface area contributed by atoms with Gasteiger partial charge in [-0.15, -0.1) is 11.3 Å². The number of hydrogen-bond acceptors (Lipinski definition) is 6. The highest BCUT2D eigenvalue weighted by atomic mass is 32.1. The van der Waals surface area contributed by atoms with E-state index < -0.39 is 0 Å². The average Bonchev–Trinajstić information content (AvgIpc) is 3.35. The molecule has 4 rings (SSSR count). The Kier molecular flexibility index (Phi) is 5.22. The van der Waals surface area contributed by atoms with Gasteiger partial charge in [0.05, 0.1) is 22.9 Å². The summed E-state index contributed by atoms with van der Waals surface area (Å²) in [6, 6.07) is 12.3. The van der Waals surface area contributed by atoms with Crippen LogP contribution < -0.4 is 9.64 Å². The van der Waals surface area contributed by atoms with Crippen LogP contribution in [0.1, 0.15) is 12.6 Å². The second-order valence-corrected chi connectivity index (χ2v) is 7.23. The van der Waals surface area contributed by atoms with Crippen LogP contribution in [0.3, 0.4) is 0 Å². The van der Waals surface area contributed by atoms with Gasteiger partial charge in [-0.1, -0.05) is 18.2 Å². The van der Waals surface area contributed by atoms with Gasteiger partial charge in [0, 0.05) is 32.7 Å².